The zero-order chi connectivity index (χ0) is 25.1. The predicted molar refractivity (Wildman–Crippen MR) is 137 cm³/mol. The summed E-state index contributed by atoms with van der Waals surface area (Å²) >= 11 is 5.93. The molecule has 0 fully saturated rings. The van der Waals surface area contributed by atoms with Crippen LogP contribution in [-0.2, 0) is 11.2 Å². The lowest BCUT2D eigenvalue weighted by molar-refractivity contribution is -0.384. The second-order valence-corrected chi connectivity index (χ2v) is 8.33. The third-order valence-electron chi connectivity index (χ3n) is 5.36. The minimum Gasteiger partial charge on any atom is -0.456 e. The smallest absolute Gasteiger partial charge is 0.280 e. The highest BCUT2D eigenvalue weighted by Crippen LogP contribution is 2.31. The molecule has 2 heterocycles. The molecule has 0 aliphatic rings. The van der Waals surface area contributed by atoms with Gasteiger partial charge in [-0.25, -0.2) is 4.98 Å². The standard InChI is InChI=1S/C27H18ClN3O5/c28-18-7-5-17(6-8-18)15-27-30-22-16-19(9-12-25(22)36-27)29-26(32)14-11-20-10-13-24(35-20)21-3-1-2-4-23(21)31(33)34/h1-14,16H,15H2,(H,29,32)/b14-11+. The summed E-state index contributed by atoms with van der Waals surface area (Å²) in [5.41, 5.74) is 3.13. The number of nitro groups is 1. The number of rotatable bonds is 7. The van der Waals surface area contributed by atoms with Gasteiger partial charge in [0.05, 0.1) is 10.5 Å². The molecule has 178 valence electrons. The monoisotopic (exact) mass is 499 g/mol. The van der Waals surface area contributed by atoms with Gasteiger partial charge in [0, 0.05) is 29.3 Å². The van der Waals surface area contributed by atoms with Gasteiger partial charge in [0.25, 0.3) is 5.69 Å². The first-order valence-electron chi connectivity index (χ1n) is 10.9. The van der Waals surface area contributed by atoms with E-state index < -0.39 is 4.92 Å². The Morgan fingerprint density at radius 3 is 2.64 bits per heavy atom. The van der Waals surface area contributed by atoms with E-state index in [1.54, 1.807) is 48.5 Å². The quantitative estimate of drug-likeness (QED) is 0.148. The molecule has 0 atom stereocenters. The van der Waals surface area contributed by atoms with Gasteiger partial charge in [-0.3, -0.25) is 14.9 Å². The molecule has 0 saturated heterocycles. The van der Waals surface area contributed by atoms with Crippen LogP contribution in [0.2, 0.25) is 5.02 Å². The van der Waals surface area contributed by atoms with Crippen LogP contribution in [0.4, 0.5) is 11.4 Å². The fourth-order valence-corrected chi connectivity index (χ4v) is 3.80. The third-order valence-corrected chi connectivity index (χ3v) is 5.61. The van der Waals surface area contributed by atoms with E-state index in [2.05, 4.69) is 10.3 Å². The number of carbonyl (C=O) groups is 1. The number of aromatic nitrogens is 1. The Kier molecular flexibility index (Phi) is 6.34. The SMILES string of the molecule is O=C(/C=C/c1ccc(-c2ccccc2[N+](=O)[O-])o1)Nc1ccc2oc(Cc3ccc(Cl)cc3)nc2c1. The van der Waals surface area contributed by atoms with Crippen LogP contribution in [-0.4, -0.2) is 15.8 Å². The molecule has 36 heavy (non-hydrogen) atoms. The fraction of sp³-hybridized carbons (Fsp3) is 0.0370. The molecule has 0 spiro atoms. The van der Waals surface area contributed by atoms with Crippen LogP contribution in [0.1, 0.15) is 17.2 Å². The van der Waals surface area contributed by atoms with E-state index in [0.29, 0.717) is 51.2 Å². The molecule has 0 unspecified atom stereocenters. The average molecular weight is 500 g/mol. The van der Waals surface area contributed by atoms with Gasteiger partial charge in [0.15, 0.2) is 11.5 Å². The number of oxazole rings is 1. The van der Waals surface area contributed by atoms with Gasteiger partial charge in [-0.1, -0.05) is 35.9 Å². The van der Waals surface area contributed by atoms with Gasteiger partial charge in [-0.05, 0) is 60.2 Å². The van der Waals surface area contributed by atoms with Gasteiger partial charge in [0.2, 0.25) is 5.91 Å². The van der Waals surface area contributed by atoms with Crippen LogP contribution in [0.15, 0.2) is 93.8 Å². The molecule has 8 nitrogen and oxygen atoms in total. The summed E-state index contributed by atoms with van der Waals surface area (Å²) in [4.78, 5) is 27.7. The Balaban J connectivity index is 1.25. The highest BCUT2D eigenvalue weighted by atomic mass is 35.5. The first kappa shape index (κ1) is 23.1. The lowest BCUT2D eigenvalue weighted by Gasteiger charge is -2.01. The first-order chi connectivity index (χ1) is 17.4. The summed E-state index contributed by atoms with van der Waals surface area (Å²) in [6.45, 7) is 0. The number of halogens is 1. The number of benzene rings is 3. The van der Waals surface area contributed by atoms with Crippen LogP contribution in [0.3, 0.4) is 0 Å². The van der Waals surface area contributed by atoms with Crippen LogP contribution in [0.25, 0.3) is 28.5 Å². The number of nitro benzene ring substituents is 1. The zero-order valence-electron chi connectivity index (χ0n) is 18.7. The van der Waals surface area contributed by atoms with Crippen LogP contribution in [0, 0.1) is 10.1 Å². The topological polar surface area (TPSA) is 111 Å². The van der Waals surface area contributed by atoms with Crippen molar-refractivity contribution >= 4 is 46.1 Å². The van der Waals surface area contributed by atoms with Crippen molar-refractivity contribution in [1.82, 2.24) is 4.98 Å². The molecule has 0 aliphatic heterocycles. The van der Waals surface area contributed by atoms with Crippen molar-refractivity contribution in [2.75, 3.05) is 5.32 Å². The number of para-hydroxylation sites is 1. The number of nitrogens with zero attached hydrogens (tertiary/aromatic N) is 2. The molecule has 1 N–H and O–H groups in total. The number of nitrogens with one attached hydrogen (secondary N) is 1. The molecule has 0 bridgehead atoms. The Labute approximate surface area is 210 Å². The number of furan rings is 1. The van der Waals surface area contributed by atoms with Crippen LogP contribution in [0.5, 0.6) is 0 Å². The summed E-state index contributed by atoms with van der Waals surface area (Å²) < 4.78 is 11.5. The van der Waals surface area contributed by atoms with Crippen molar-refractivity contribution in [1.29, 1.82) is 0 Å². The molecule has 5 aromatic rings. The molecule has 5 rings (SSSR count). The van der Waals surface area contributed by atoms with Crippen LogP contribution >= 0.6 is 11.6 Å². The summed E-state index contributed by atoms with van der Waals surface area (Å²) in [5, 5.41) is 14.7. The molecule has 2 aromatic heterocycles. The van der Waals surface area contributed by atoms with Gasteiger partial charge in [-0.2, -0.15) is 0 Å². The van der Waals surface area contributed by atoms with Gasteiger partial charge in [0.1, 0.15) is 17.0 Å². The van der Waals surface area contributed by atoms with E-state index in [9.17, 15) is 14.9 Å². The maximum atomic E-state index is 12.4. The minimum atomic E-state index is -0.465. The van der Waals surface area contributed by atoms with Crippen molar-refractivity contribution in [3.8, 4) is 11.3 Å². The minimum absolute atomic E-state index is 0.0558. The first-order valence-corrected chi connectivity index (χ1v) is 11.3. The Morgan fingerprint density at radius 1 is 1.03 bits per heavy atom. The molecule has 3 aromatic carbocycles. The number of anilines is 1. The zero-order valence-corrected chi connectivity index (χ0v) is 19.4. The molecule has 1 amide bonds. The van der Waals surface area contributed by atoms with Crippen molar-refractivity contribution < 1.29 is 18.6 Å². The van der Waals surface area contributed by atoms with Gasteiger partial charge < -0.3 is 14.2 Å². The fourth-order valence-electron chi connectivity index (χ4n) is 3.68. The number of amides is 1. The van der Waals surface area contributed by atoms with E-state index >= 15 is 0 Å². The Morgan fingerprint density at radius 2 is 1.83 bits per heavy atom. The highest BCUT2D eigenvalue weighted by Gasteiger charge is 2.16. The van der Waals surface area contributed by atoms with E-state index in [1.807, 2.05) is 24.3 Å². The average Bonchev–Trinajstić information content (AvgIpc) is 3.50. The lowest BCUT2D eigenvalue weighted by Crippen LogP contribution is -2.07. The van der Waals surface area contributed by atoms with Crippen molar-refractivity contribution in [2.45, 2.75) is 6.42 Å². The molecule has 0 saturated carbocycles. The molecule has 0 radical (unpaired) electrons. The summed E-state index contributed by atoms with van der Waals surface area (Å²) in [5.74, 6) is 0.913. The maximum absolute atomic E-state index is 12.4. The number of carbonyl (C=O) groups excluding carboxylic acids is 1. The molecular formula is C27H18ClN3O5. The summed E-state index contributed by atoms with van der Waals surface area (Å²) in [7, 11) is 0. The van der Waals surface area contributed by atoms with E-state index in [1.165, 1.54) is 18.2 Å². The van der Waals surface area contributed by atoms with E-state index in [-0.39, 0.29) is 11.6 Å². The predicted octanol–water partition coefficient (Wildman–Crippen LogP) is 6.89. The maximum Gasteiger partial charge on any atom is 0.280 e. The number of hydrogen-bond acceptors (Lipinski definition) is 6. The normalized spacial score (nSPS) is 11.2. The lowest BCUT2D eigenvalue weighted by atomic mass is 10.1. The number of fused-ring (bicyclic) bond motifs is 1. The Bertz CT molecular complexity index is 1600. The molecule has 0 aliphatic carbocycles. The second kappa shape index (κ2) is 9.89. The highest BCUT2D eigenvalue weighted by molar-refractivity contribution is 6.30. The van der Waals surface area contributed by atoms with E-state index in [4.69, 9.17) is 20.4 Å². The van der Waals surface area contributed by atoms with Gasteiger partial charge >= 0.3 is 0 Å². The van der Waals surface area contributed by atoms with Crippen LogP contribution < -0.4 is 5.32 Å². The van der Waals surface area contributed by atoms with Crippen molar-refractivity contribution in [3.63, 3.8) is 0 Å². The van der Waals surface area contributed by atoms with Crippen molar-refractivity contribution in [2.24, 2.45) is 0 Å². The van der Waals surface area contributed by atoms with E-state index in [0.717, 1.165) is 5.56 Å². The molecular weight excluding hydrogens is 482 g/mol. The number of hydrogen-bond donors (Lipinski definition) is 1. The van der Waals surface area contributed by atoms with Crippen molar-refractivity contribution in [3.05, 3.63) is 117 Å². The molecule has 9 heteroatoms. The van der Waals surface area contributed by atoms with Gasteiger partial charge in [-0.15, -0.1) is 0 Å². The largest absolute Gasteiger partial charge is 0.456 e. The summed E-state index contributed by atoms with van der Waals surface area (Å²) in [6.07, 6.45) is 3.33. The third kappa shape index (κ3) is 5.18. The Hall–Kier alpha value is -4.69. The summed E-state index contributed by atoms with van der Waals surface area (Å²) in [6, 6.07) is 22.2. The second-order valence-electron chi connectivity index (χ2n) is 7.89.